The number of benzene rings is 1. The highest BCUT2D eigenvalue weighted by Gasteiger charge is 2.31. The Hall–Kier alpha value is -2.23. The van der Waals surface area contributed by atoms with Crippen LogP contribution < -0.4 is 0 Å². The zero-order chi connectivity index (χ0) is 14.7. The average molecular weight is 271 g/mol. The van der Waals surface area contributed by atoms with Crippen molar-refractivity contribution in [3.8, 4) is 0 Å². The van der Waals surface area contributed by atoms with Crippen molar-refractivity contribution < 1.29 is 14.3 Å². The lowest BCUT2D eigenvalue weighted by Crippen LogP contribution is -2.21. The first kappa shape index (κ1) is 14.2. The molecule has 1 heterocycles. The number of hydrogen-bond acceptors (Lipinski definition) is 4. The van der Waals surface area contributed by atoms with Crippen molar-refractivity contribution in [2.75, 3.05) is 6.61 Å². The second kappa shape index (κ2) is 5.82. The smallest absolute Gasteiger partial charge is 0.344 e. The van der Waals surface area contributed by atoms with Crippen molar-refractivity contribution >= 4 is 17.5 Å². The standard InChI is InChI=1S/C16H17NO3/c1-4-20-16(19)14-11(3)17-13(15(14)18)9-12-7-5-10(2)6-8-12/h5-8H,4,9H2,1-3H3. The third-order valence-electron chi connectivity index (χ3n) is 3.13. The molecule has 0 N–H and O–H groups in total. The molecule has 4 nitrogen and oxygen atoms in total. The Labute approximate surface area is 118 Å². The molecular formula is C16H17NO3. The summed E-state index contributed by atoms with van der Waals surface area (Å²) in [5.74, 6) is -0.904. The van der Waals surface area contributed by atoms with Gasteiger partial charge in [0, 0.05) is 6.42 Å². The first-order valence-corrected chi connectivity index (χ1v) is 6.58. The first-order chi connectivity index (χ1) is 9.52. The van der Waals surface area contributed by atoms with Gasteiger partial charge in [-0.3, -0.25) is 9.79 Å². The van der Waals surface area contributed by atoms with E-state index in [9.17, 15) is 9.59 Å². The minimum absolute atomic E-state index is 0.0639. The first-order valence-electron chi connectivity index (χ1n) is 6.58. The number of aryl methyl sites for hydroxylation is 1. The Morgan fingerprint density at radius 1 is 1.20 bits per heavy atom. The molecule has 2 rings (SSSR count). The van der Waals surface area contributed by atoms with Gasteiger partial charge in [0.05, 0.1) is 18.0 Å². The van der Waals surface area contributed by atoms with Crippen LogP contribution in [0.15, 0.2) is 40.5 Å². The molecule has 0 fully saturated rings. The van der Waals surface area contributed by atoms with E-state index < -0.39 is 5.97 Å². The number of rotatable bonds is 4. The van der Waals surface area contributed by atoms with Crippen molar-refractivity contribution in [3.05, 3.63) is 46.7 Å². The summed E-state index contributed by atoms with van der Waals surface area (Å²) in [6.07, 6.45) is 0.430. The maximum atomic E-state index is 12.2. The molecule has 0 aromatic heterocycles. The third kappa shape index (κ3) is 2.85. The molecule has 0 atom stereocenters. The Kier molecular flexibility index (Phi) is 4.13. The highest BCUT2D eigenvalue weighted by Crippen LogP contribution is 2.20. The Balaban J connectivity index is 2.14. The van der Waals surface area contributed by atoms with Crippen LogP contribution in [0.1, 0.15) is 25.0 Å². The van der Waals surface area contributed by atoms with E-state index in [1.807, 2.05) is 31.2 Å². The molecule has 1 aromatic rings. The number of nitrogens with zero attached hydrogens (tertiary/aromatic N) is 1. The van der Waals surface area contributed by atoms with Gasteiger partial charge in [-0.15, -0.1) is 0 Å². The Bertz CT molecular complexity index is 609. The van der Waals surface area contributed by atoms with E-state index in [0.717, 1.165) is 11.1 Å². The predicted octanol–water partition coefficient (Wildman–Crippen LogP) is 2.40. The van der Waals surface area contributed by atoms with Crippen molar-refractivity contribution in [3.63, 3.8) is 0 Å². The normalized spacial score (nSPS) is 14.6. The maximum absolute atomic E-state index is 12.2. The van der Waals surface area contributed by atoms with Gasteiger partial charge >= 0.3 is 5.97 Å². The lowest BCUT2D eigenvalue weighted by atomic mass is 10.0. The summed E-state index contributed by atoms with van der Waals surface area (Å²) in [6, 6.07) is 7.90. The van der Waals surface area contributed by atoms with Gasteiger partial charge in [0.15, 0.2) is 0 Å². The number of esters is 1. The van der Waals surface area contributed by atoms with Crippen LogP contribution in [0.4, 0.5) is 0 Å². The highest BCUT2D eigenvalue weighted by atomic mass is 16.5. The fraction of sp³-hybridized carbons (Fsp3) is 0.312. The molecule has 104 valence electrons. The predicted molar refractivity (Wildman–Crippen MR) is 76.7 cm³/mol. The van der Waals surface area contributed by atoms with Crippen molar-refractivity contribution in [1.29, 1.82) is 0 Å². The minimum atomic E-state index is -0.586. The number of ketones is 1. The second-order valence-corrected chi connectivity index (χ2v) is 4.73. The topological polar surface area (TPSA) is 55.7 Å². The lowest BCUT2D eigenvalue weighted by Gasteiger charge is -2.03. The Morgan fingerprint density at radius 3 is 2.45 bits per heavy atom. The SMILES string of the molecule is CCOC(=O)C1=C(C)N=C(Cc2ccc(C)cc2)C1=O. The monoisotopic (exact) mass is 271 g/mol. The number of Topliss-reactive ketones (excluding diaryl/α,β-unsaturated/α-hetero) is 1. The highest BCUT2D eigenvalue weighted by molar-refractivity contribution is 6.53. The largest absolute Gasteiger partial charge is 0.462 e. The summed E-state index contributed by atoms with van der Waals surface area (Å²) < 4.78 is 4.89. The lowest BCUT2D eigenvalue weighted by molar-refractivity contribution is -0.139. The molecule has 1 aliphatic heterocycles. The van der Waals surface area contributed by atoms with E-state index in [-0.39, 0.29) is 18.0 Å². The molecule has 0 radical (unpaired) electrons. The summed E-state index contributed by atoms with van der Waals surface area (Å²) in [5.41, 5.74) is 3.06. The van der Waals surface area contributed by atoms with Crippen LogP contribution in [0.2, 0.25) is 0 Å². The van der Waals surface area contributed by atoms with Gasteiger partial charge in [0.1, 0.15) is 5.57 Å². The summed E-state index contributed by atoms with van der Waals surface area (Å²) in [7, 11) is 0. The molecule has 0 spiro atoms. The fourth-order valence-electron chi connectivity index (χ4n) is 2.08. The van der Waals surface area contributed by atoms with E-state index >= 15 is 0 Å². The number of aliphatic imine (C=N–C) groups is 1. The maximum Gasteiger partial charge on any atom is 0.344 e. The Morgan fingerprint density at radius 2 is 1.85 bits per heavy atom. The van der Waals surface area contributed by atoms with Crippen LogP contribution in [0.3, 0.4) is 0 Å². The average Bonchev–Trinajstić information content (AvgIpc) is 2.67. The molecule has 4 heteroatoms. The molecule has 1 aliphatic rings. The number of allylic oxidation sites excluding steroid dienone is 1. The summed E-state index contributed by atoms with van der Waals surface area (Å²) >= 11 is 0. The van der Waals surface area contributed by atoms with Crippen LogP contribution in [0.25, 0.3) is 0 Å². The third-order valence-corrected chi connectivity index (χ3v) is 3.13. The number of carbonyl (C=O) groups excluding carboxylic acids is 2. The van der Waals surface area contributed by atoms with Gasteiger partial charge in [-0.25, -0.2) is 4.79 Å². The molecule has 0 amide bonds. The second-order valence-electron chi connectivity index (χ2n) is 4.73. The van der Waals surface area contributed by atoms with Crippen LogP contribution in [0, 0.1) is 6.92 Å². The van der Waals surface area contributed by atoms with Crippen molar-refractivity contribution in [1.82, 2.24) is 0 Å². The van der Waals surface area contributed by atoms with Gasteiger partial charge < -0.3 is 4.74 Å². The van der Waals surface area contributed by atoms with Gasteiger partial charge in [-0.1, -0.05) is 29.8 Å². The summed E-state index contributed by atoms with van der Waals surface area (Å²) in [4.78, 5) is 28.2. The molecule has 0 bridgehead atoms. The van der Waals surface area contributed by atoms with E-state index in [1.165, 1.54) is 0 Å². The van der Waals surface area contributed by atoms with Gasteiger partial charge in [-0.05, 0) is 26.3 Å². The molecule has 0 saturated heterocycles. The van der Waals surface area contributed by atoms with Crippen LogP contribution in [0.5, 0.6) is 0 Å². The van der Waals surface area contributed by atoms with E-state index in [1.54, 1.807) is 13.8 Å². The molecule has 20 heavy (non-hydrogen) atoms. The molecule has 1 aromatic carbocycles. The van der Waals surface area contributed by atoms with Crippen molar-refractivity contribution in [2.45, 2.75) is 27.2 Å². The van der Waals surface area contributed by atoms with Crippen LogP contribution >= 0.6 is 0 Å². The van der Waals surface area contributed by atoms with Crippen molar-refractivity contribution in [2.24, 2.45) is 4.99 Å². The number of ether oxygens (including phenoxy) is 1. The fourth-order valence-corrected chi connectivity index (χ4v) is 2.08. The van der Waals surface area contributed by atoms with E-state index in [2.05, 4.69) is 4.99 Å². The van der Waals surface area contributed by atoms with E-state index in [0.29, 0.717) is 17.8 Å². The summed E-state index contributed by atoms with van der Waals surface area (Å²) in [5, 5.41) is 0. The summed E-state index contributed by atoms with van der Waals surface area (Å²) in [6.45, 7) is 5.62. The van der Waals surface area contributed by atoms with Gasteiger partial charge in [0.2, 0.25) is 5.78 Å². The van der Waals surface area contributed by atoms with Crippen LogP contribution in [-0.2, 0) is 20.7 Å². The number of carbonyl (C=O) groups is 2. The molecule has 0 saturated carbocycles. The molecular weight excluding hydrogens is 254 g/mol. The van der Waals surface area contributed by atoms with Crippen LogP contribution in [-0.4, -0.2) is 24.1 Å². The molecule has 0 aliphatic carbocycles. The molecule has 0 unspecified atom stereocenters. The quantitative estimate of drug-likeness (QED) is 0.624. The number of hydrogen-bond donors (Lipinski definition) is 0. The zero-order valence-corrected chi connectivity index (χ0v) is 11.9. The van der Waals surface area contributed by atoms with E-state index in [4.69, 9.17) is 4.74 Å². The zero-order valence-electron chi connectivity index (χ0n) is 11.9. The van der Waals surface area contributed by atoms with Gasteiger partial charge in [0.25, 0.3) is 0 Å². The minimum Gasteiger partial charge on any atom is -0.462 e. The van der Waals surface area contributed by atoms with Gasteiger partial charge in [-0.2, -0.15) is 0 Å².